The Morgan fingerprint density at radius 1 is 1.33 bits per heavy atom. The molecule has 2 rings (SSSR count). The van der Waals surface area contributed by atoms with Gasteiger partial charge in [-0.3, -0.25) is 4.79 Å². The molecule has 0 fully saturated rings. The lowest BCUT2D eigenvalue weighted by atomic mass is 10.1. The van der Waals surface area contributed by atoms with Crippen molar-refractivity contribution in [2.45, 2.75) is 0 Å². The van der Waals surface area contributed by atoms with E-state index in [1.807, 2.05) is 0 Å². The summed E-state index contributed by atoms with van der Waals surface area (Å²) in [6.07, 6.45) is 2.75. The molecular formula is C16H15F2N5O. The fourth-order valence-corrected chi connectivity index (χ4v) is 1.97. The van der Waals surface area contributed by atoms with Gasteiger partial charge in [0.05, 0.1) is 17.6 Å². The third-order valence-corrected chi connectivity index (χ3v) is 3.22. The molecule has 0 saturated heterocycles. The molecule has 124 valence electrons. The number of allylic oxidation sites excluding steroid dienone is 2. The number of aromatic nitrogens is 1. The van der Waals surface area contributed by atoms with Crippen LogP contribution in [0.3, 0.4) is 0 Å². The second-order valence-electron chi connectivity index (χ2n) is 4.77. The third-order valence-electron chi connectivity index (χ3n) is 3.22. The van der Waals surface area contributed by atoms with Crippen LogP contribution in [-0.4, -0.2) is 10.9 Å². The minimum Gasteiger partial charge on any atom is -0.396 e. The average molecular weight is 331 g/mol. The minimum atomic E-state index is -1.13. The number of hydrogen-bond acceptors (Lipinski definition) is 5. The van der Waals surface area contributed by atoms with Gasteiger partial charge in [0.2, 0.25) is 0 Å². The molecule has 1 amide bonds. The number of hydrazine groups is 1. The molecule has 6 nitrogen and oxygen atoms in total. The van der Waals surface area contributed by atoms with Crippen molar-refractivity contribution in [3.8, 4) is 0 Å². The van der Waals surface area contributed by atoms with Gasteiger partial charge in [0.1, 0.15) is 17.2 Å². The molecule has 1 aromatic heterocycles. The standard InChI is InChI=1S/C16H15F2N5O/c1-3-8(2)10-6-9(7-21-15(10)23-20)22-16(24)13-11(17)4-5-12(19)14(13)18/h3-7H,1-2,19-20H2,(H,21,23)(H,22,24). The Morgan fingerprint density at radius 2 is 2.04 bits per heavy atom. The van der Waals surface area contributed by atoms with Gasteiger partial charge in [-0.25, -0.2) is 19.6 Å². The quantitative estimate of drug-likeness (QED) is 0.292. The van der Waals surface area contributed by atoms with Crippen LogP contribution >= 0.6 is 0 Å². The van der Waals surface area contributed by atoms with Gasteiger partial charge in [0.15, 0.2) is 5.82 Å². The van der Waals surface area contributed by atoms with Crippen LogP contribution < -0.4 is 22.3 Å². The largest absolute Gasteiger partial charge is 0.396 e. The summed E-state index contributed by atoms with van der Waals surface area (Å²) in [4.78, 5) is 16.2. The van der Waals surface area contributed by atoms with Gasteiger partial charge in [0, 0.05) is 5.56 Å². The van der Waals surface area contributed by atoms with E-state index in [2.05, 4.69) is 28.9 Å². The fraction of sp³-hybridized carbons (Fsp3) is 0. The lowest BCUT2D eigenvalue weighted by Gasteiger charge is -2.12. The monoisotopic (exact) mass is 331 g/mol. The van der Waals surface area contributed by atoms with E-state index in [1.54, 1.807) is 0 Å². The lowest BCUT2D eigenvalue weighted by molar-refractivity contribution is 0.101. The molecule has 24 heavy (non-hydrogen) atoms. The molecule has 0 spiro atoms. The smallest absolute Gasteiger partial charge is 0.261 e. The second kappa shape index (κ2) is 6.88. The number of hydrogen-bond donors (Lipinski definition) is 4. The number of amides is 1. The molecule has 2 aromatic rings. The first-order valence-corrected chi connectivity index (χ1v) is 6.72. The first kappa shape index (κ1) is 17.1. The maximum atomic E-state index is 13.9. The zero-order valence-corrected chi connectivity index (χ0v) is 12.6. The average Bonchev–Trinajstić information content (AvgIpc) is 2.57. The number of pyridine rings is 1. The maximum Gasteiger partial charge on any atom is 0.261 e. The number of rotatable bonds is 5. The van der Waals surface area contributed by atoms with E-state index in [9.17, 15) is 13.6 Å². The Kier molecular flexibility index (Phi) is 4.90. The normalized spacial score (nSPS) is 10.1. The summed E-state index contributed by atoms with van der Waals surface area (Å²) in [5.74, 6) is 2.51. The molecular weight excluding hydrogens is 316 g/mol. The van der Waals surface area contributed by atoms with E-state index < -0.39 is 23.1 Å². The Hall–Kier alpha value is -3.26. The van der Waals surface area contributed by atoms with Crippen molar-refractivity contribution in [1.29, 1.82) is 0 Å². The van der Waals surface area contributed by atoms with Crippen LogP contribution in [0.25, 0.3) is 5.57 Å². The van der Waals surface area contributed by atoms with Crippen molar-refractivity contribution in [2.75, 3.05) is 16.5 Å². The van der Waals surface area contributed by atoms with E-state index in [0.717, 1.165) is 12.1 Å². The highest BCUT2D eigenvalue weighted by Gasteiger charge is 2.20. The number of benzene rings is 1. The van der Waals surface area contributed by atoms with Crippen LogP contribution in [0.4, 0.5) is 26.0 Å². The van der Waals surface area contributed by atoms with Crippen molar-refractivity contribution in [1.82, 2.24) is 4.98 Å². The van der Waals surface area contributed by atoms with Gasteiger partial charge in [0.25, 0.3) is 5.91 Å². The summed E-state index contributed by atoms with van der Waals surface area (Å²) >= 11 is 0. The summed E-state index contributed by atoms with van der Waals surface area (Å²) in [6, 6.07) is 3.45. The molecule has 1 heterocycles. The SMILES string of the molecule is C=CC(=C)c1cc(NC(=O)c2c(F)ccc(N)c2F)cnc1NN. The van der Waals surface area contributed by atoms with Gasteiger partial charge < -0.3 is 16.5 Å². The number of nitrogens with two attached hydrogens (primary N) is 2. The van der Waals surface area contributed by atoms with E-state index >= 15 is 0 Å². The summed E-state index contributed by atoms with van der Waals surface area (Å²) in [5, 5.41) is 2.36. The summed E-state index contributed by atoms with van der Waals surface area (Å²) < 4.78 is 27.6. The Labute approximate surface area is 136 Å². The minimum absolute atomic E-state index is 0.193. The first-order valence-electron chi connectivity index (χ1n) is 6.72. The van der Waals surface area contributed by atoms with Gasteiger partial charge in [-0.2, -0.15) is 0 Å². The predicted octanol–water partition coefficient (Wildman–Crippen LogP) is 2.68. The van der Waals surface area contributed by atoms with Crippen molar-refractivity contribution in [3.05, 3.63) is 66.4 Å². The van der Waals surface area contributed by atoms with Gasteiger partial charge in [-0.1, -0.05) is 19.2 Å². The van der Waals surface area contributed by atoms with Crippen molar-refractivity contribution in [3.63, 3.8) is 0 Å². The van der Waals surface area contributed by atoms with Crippen LogP contribution in [-0.2, 0) is 0 Å². The van der Waals surface area contributed by atoms with Crippen LogP contribution in [0.2, 0.25) is 0 Å². The number of carbonyl (C=O) groups is 1. The molecule has 0 unspecified atom stereocenters. The summed E-state index contributed by atoms with van der Waals surface area (Å²) in [7, 11) is 0. The van der Waals surface area contributed by atoms with Crippen molar-refractivity contribution in [2.24, 2.45) is 5.84 Å². The molecule has 0 aliphatic carbocycles. The number of anilines is 3. The molecule has 6 N–H and O–H groups in total. The van der Waals surface area contributed by atoms with Gasteiger partial charge in [-0.15, -0.1) is 0 Å². The summed E-state index contributed by atoms with van der Waals surface area (Å²) in [5.41, 5.74) is 7.79. The molecule has 0 aliphatic heterocycles. The third kappa shape index (κ3) is 3.23. The molecule has 0 atom stereocenters. The van der Waals surface area contributed by atoms with E-state index in [-0.39, 0.29) is 11.4 Å². The molecule has 0 saturated carbocycles. The molecule has 1 aromatic carbocycles. The van der Waals surface area contributed by atoms with Crippen LogP contribution in [0.5, 0.6) is 0 Å². The van der Waals surface area contributed by atoms with E-state index in [1.165, 1.54) is 18.3 Å². The Morgan fingerprint density at radius 3 is 2.67 bits per heavy atom. The predicted molar refractivity (Wildman–Crippen MR) is 90.0 cm³/mol. The second-order valence-corrected chi connectivity index (χ2v) is 4.77. The molecule has 8 heteroatoms. The number of nitrogens with one attached hydrogen (secondary N) is 2. The molecule has 0 radical (unpaired) electrons. The maximum absolute atomic E-state index is 13.9. The highest BCUT2D eigenvalue weighted by atomic mass is 19.1. The molecule has 0 bridgehead atoms. The van der Waals surface area contributed by atoms with Gasteiger partial charge in [-0.05, 0) is 23.8 Å². The van der Waals surface area contributed by atoms with Gasteiger partial charge >= 0.3 is 0 Å². The zero-order valence-electron chi connectivity index (χ0n) is 12.6. The molecule has 0 aliphatic rings. The first-order chi connectivity index (χ1) is 11.4. The number of nitrogen functional groups attached to an aromatic ring is 2. The Bertz CT molecular complexity index is 835. The number of nitrogens with zero attached hydrogens (tertiary/aromatic N) is 1. The highest BCUT2D eigenvalue weighted by molar-refractivity contribution is 6.05. The van der Waals surface area contributed by atoms with Crippen LogP contribution in [0.1, 0.15) is 15.9 Å². The number of halogens is 2. The van der Waals surface area contributed by atoms with Crippen LogP contribution in [0, 0.1) is 11.6 Å². The van der Waals surface area contributed by atoms with E-state index in [0.29, 0.717) is 17.0 Å². The van der Waals surface area contributed by atoms with Crippen LogP contribution in [0.15, 0.2) is 43.6 Å². The van der Waals surface area contributed by atoms with Crippen molar-refractivity contribution < 1.29 is 13.6 Å². The highest BCUT2D eigenvalue weighted by Crippen LogP contribution is 2.25. The van der Waals surface area contributed by atoms with Crippen molar-refractivity contribution >= 4 is 28.7 Å². The topological polar surface area (TPSA) is 106 Å². The fourth-order valence-electron chi connectivity index (χ4n) is 1.97. The Balaban J connectivity index is 2.38. The van der Waals surface area contributed by atoms with E-state index in [4.69, 9.17) is 11.6 Å². The zero-order chi connectivity index (χ0) is 17.9. The summed E-state index contributed by atoms with van der Waals surface area (Å²) in [6.45, 7) is 7.35. The lowest BCUT2D eigenvalue weighted by Crippen LogP contribution is -2.18. The number of carbonyl (C=O) groups excluding carboxylic acids is 1.